The van der Waals surface area contributed by atoms with Crippen molar-refractivity contribution in [3.05, 3.63) is 0 Å². The summed E-state index contributed by atoms with van der Waals surface area (Å²) >= 11 is 0. The molecule has 1 aliphatic rings. The number of rotatable bonds is 6. The minimum Gasteiger partial charge on any atom is -0.383 e. The van der Waals surface area contributed by atoms with Gasteiger partial charge in [-0.3, -0.25) is 4.90 Å². The number of ether oxygens (including phenoxy) is 2. The highest BCUT2D eigenvalue weighted by Gasteiger charge is 2.21. The van der Waals surface area contributed by atoms with Gasteiger partial charge in [0.1, 0.15) is 0 Å². The van der Waals surface area contributed by atoms with Crippen molar-refractivity contribution in [2.24, 2.45) is 0 Å². The molecule has 3 unspecified atom stereocenters. The largest absolute Gasteiger partial charge is 0.383 e. The molecule has 0 aromatic carbocycles. The van der Waals surface area contributed by atoms with Gasteiger partial charge in [-0.2, -0.15) is 0 Å². The molecule has 0 aromatic heterocycles. The van der Waals surface area contributed by atoms with Gasteiger partial charge in [0.05, 0.1) is 18.8 Å². The van der Waals surface area contributed by atoms with Crippen molar-refractivity contribution in [2.75, 3.05) is 39.9 Å². The molecule has 3 atom stereocenters. The summed E-state index contributed by atoms with van der Waals surface area (Å²) < 4.78 is 10.8. The lowest BCUT2D eigenvalue weighted by molar-refractivity contribution is -0.0675. The fraction of sp³-hybridized carbons (Fsp3) is 1.00. The average molecular weight is 230 g/mol. The average Bonchev–Trinajstić information content (AvgIpc) is 2.16. The van der Waals surface area contributed by atoms with Crippen LogP contribution in [0.1, 0.15) is 20.8 Å². The van der Waals surface area contributed by atoms with Crippen molar-refractivity contribution in [2.45, 2.75) is 39.0 Å². The zero-order valence-corrected chi connectivity index (χ0v) is 11.0. The number of nitrogens with one attached hydrogen (secondary N) is 1. The summed E-state index contributed by atoms with van der Waals surface area (Å²) in [5.74, 6) is 0. The molecule has 0 aromatic rings. The Morgan fingerprint density at radius 2 is 2.00 bits per heavy atom. The van der Waals surface area contributed by atoms with Crippen LogP contribution in [0.4, 0.5) is 0 Å². The van der Waals surface area contributed by atoms with E-state index in [-0.39, 0.29) is 0 Å². The summed E-state index contributed by atoms with van der Waals surface area (Å²) in [4.78, 5) is 2.46. The van der Waals surface area contributed by atoms with E-state index in [1.165, 1.54) is 0 Å². The van der Waals surface area contributed by atoms with E-state index in [1.807, 2.05) is 0 Å². The highest BCUT2D eigenvalue weighted by atomic mass is 16.5. The predicted molar refractivity (Wildman–Crippen MR) is 65.8 cm³/mol. The van der Waals surface area contributed by atoms with E-state index in [4.69, 9.17) is 9.47 Å². The van der Waals surface area contributed by atoms with E-state index in [9.17, 15) is 0 Å². The number of nitrogens with zero attached hydrogens (tertiary/aromatic N) is 1. The molecule has 0 spiro atoms. The summed E-state index contributed by atoms with van der Waals surface area (Å²) in [6.45, 7) is 11.4. The van der Waals surface area contributed by atoms with Gasteiger partial charge in [0.15, 0.2) is 0 Å². The van der Waals surface area contributed by atoms with Crippen molar-refractivity contribution in [3.63, 3.8) is 0 Å². The Labute approximate surface area is 99.3 Å². The van der Waals surface area contributed by atoms with E-state index in [0.29, 0.717) is 18.2 Å². The van der Waals surface area contributed by atoms with E-state index in [0.717, 1.165) is 32.8 Å². The fourth-order valence-corrected chi connectivity index (χ4v) is 2.24. The maximum Gasteiger partial charge on any atom is 0.0678 e. The SMILES string of the molecule is COCC(C)NCCN1CC(C)OC(C)C1. The standard InChI is InChI=1S/C12H26N2O2/c1-10(9-15-4)13-5-6-14-7-11(2)16-12(3)8-14/h10-13H,5-9H2,1-4H3. The minimum absolute atomic E-state index is 0.361. The Hall–Kier alpha value is -0.160. The quantitative estimate of drug-likeness (QED) is 0.729. The van der Waals surface area contributed by atoms with Gasteiger partial charge < -0.3 is 14.8 Å². The van der Waals surface area contributed by atoms with Gasteiger partial charge in [0.25, 0.3) is 0 Å². The molecule has 4 nitrogen and oxygen atoms in total. The molecule has 0 amide bonds. The fourth-order valence-electron chi connectivity index (χ4n) is 2.24. The molecule has 1 fully saturated rings. The van der Waals surface area contributed by atoms with Crippen molar-refractivity contribution in [1.29, 1.82) is 0 Å². The molecule has 1 heterocycles. The van der Waals surface area contributed by atoms with Gasteiger partial charge >= 0.3 is 0 Å². The van der Waals surface area contributed by atoms with Crippen LogP contribution in [0.2, 0.25) is 0 Å². The lowest BCUT2D eigenvalue weighted by Crippen LogP contribution is -2.48. The van der Waals surface area contributed by atoms with E-state index < -0.39 is 0 Å². The summed E-state index contributed by atoms with van der Waals surface area (Å²) in [5, 5.41) is 3.45. The first-order chi connectivity index (χ1) is 7.61. The Balaban J connectivity index is 2.12. The molecular formula is C12H26N2O2. The first-order valence-electron chi connectivity index (χ1n) is 6.22. The molecule has 0 saturated carbocycles. The highest BCUT2D eigenvalue weighted by molar-refractivity contribution is 4.74. The molecule has 0 radical (unpaired) electrons. The number of hydrogen-bond donors (Lipinski definition) is 1. The molecule has 1 saturated heterocycles. The number of hydrogen-bond acceptors (Lipinski definition) is 4. The molecule has 1 aliphatic heterocycles. The van der Waals surface area contributed by atoms with Crippen LogP contribution in [0, 0.1) is 0 Å². The summed E-state index contributed by atoms with van der Waals surface area (Å²) in [5.41, 5.74) is 0. The van der Waals surface area contributed by atoms with Gasteiger partial charge in [-0.05, 0) is 20.8 Å². The maximum atomic E-state index is 5.70. The van der Waals surface area contributed by atoms with Gasteiger partial charge in [-0.25, -0.2) is 0 Å². The lowest BCUT2D eigenvalue weighted by Gasteiger charge is -2.35. The number of morpholine rings is 1. The van der Waals surface area contributed by atoms with Gasteiger partial charge in [0.2, 0.25) is 0 Å². The van der Waals surface area contributed by atoms with E-state index in [1.54, 1.807) is 7.11 Å². The van der Waals surface area contributed by atoms with Gasteiger partial charge in [0, 0.05) is 39.3 Å². The monoisotopic (exact) mass is 230 g/mol. The van der Waals surface area contributed by atoms with Crippen molar-refractivity contribution in [3.8, 4) is 0 Å². The molecule has 4 heteroatoms. The minimum atomic E-state index is 0.361. The van der Waals surface area contributed by atoms with Crippen LogP contribution in [0.15, 0.2) is 0 Å². The first-order valence-corrected chi connectivity index (χ1v) is 6.22. The Bertz CT molecular complexity index is 180. The Kier molecular flexibility index (Phi) is 6.28. The van der Waals surface area contributed by atoms with Crippen LogP contribution in [0.3, 0.4) is 0 Å². The smallest absolute Gasteiger partial charge is 0.0678 e. The Morgan fingerprint density at radius 1 is 1.38 bits per heavy atom. The molecule has 1 rings (SSSR count). The maximum absolute atomic E-state index is 5.70. The Morgan fingerprint density at radius 3 is 2.56 bits per heavy atom. The van der Waals surface area contributed by atoms with Crippen molar-refractivity contribution >= 4 is 0 Å². The van der Waals surface area contributed by atoms with Crippen molar-refractivity contribution < 1.29 is 9.47 Å². The van der Waals surface area contributed by atoms with Crippen molar-refractivity contribution in [1.82, 2.24) is 10.2 Å². The van der Waals surface area contributed by atoms with Gasteiger partial charge in [-0.1, -0.05) is 0 Å². The topological polar surface area (TPSA) is 33.7 Å². The molecule has 96 valence electrons. The third-order valence-corrected chi connectivity index (χ3v) is 2.83. The van der Waals surface area contributed by atoms with Gasteiger partial charge in [-0.15, -0.1) is 0 Å². The molecule has 0 bridgehead atoms. The summed E-state index contributed by atoms with van der Waals surface area (Å²) in [6, 6.07) is 0.431. The molecular weight excluding hydrogens is 204 g/mol. The predicted octanol–water partition coefficient (Wildman–Crippen LogP) is 0.720. The van der Waals surface area contributed by atoms with E-state index >= 15 is 0 Å². The molecule has 0 aliphatic carbocycles. The van der Waals surface area contributed by atoms with Crippen LogP contribution in [-0.4, -0.2) is 63.0 Å². The van der Waals surface area contributed by atoms with Crippen LogP contribution >= 0.6 is 0 Å². The van der Waals surface area contributed by atoms with Crippen LogP contribution in [-0.2, 0) is 9.47 Å². The first kappa shape index (κ1) is 13.9. The third-order valence-electron chi connectivity index (χ3n) is 2.83. The van der Waals surface area contributed by atoms with Crippen LogP contribution in [0.25, 0.3) is 0 Å². The second kappa shape index (κ2) is 7.22. The zero-order chi connectivity index (χ0) is 12.0. The van der Waals surface area contributed by atoms with E-state index in [2.05, 4.69) is 31.0 Å². The number of methoxy groups -OCH3 is 1. The van der Waals surface area contributed by atoms with Crippen LogP contribution in [0.5, 0.6) is 0 Å². The van der Waals surface area contributed by atoms with Crippen LogP contribution < -0.4 is 5.32 Å². The normalized spacial score (nSPS) is 29.2. The third kappa shape index (κ3) is 5.25. The summed E-state index contributed by atoms with van der Waals surface area (Å²) in [7, 11) is 1.74. The second-order valence-electron chi connectivity index (χ2n) is 4.83. The zero-order valence-electron chi connectivity index (χ0n) is 11.0. The summed E-state index contributed by atoms with van der Waals surface area (Å²) in [6.07, 6.45) is 0.722. The molecule has 1 N–H and O–H groups in total. The molecule has 16 heavy (non-hydrogen) atoms. The lowest BCUT2D eigenvalue weighted by atomic mass is 10.2. The highest BCUT2D eigenvalue weighted by Crippen LogP contribution is 2.09. The second-order valence-corrected chi connectivity index (χ2v) is 4.83.